The number of rotatable bonds is 5. The van der Waals surface area contributed by atoms with Gasteiger partial charge in [-0.1, -0.05) is 0 Å². The molecule has 0 amide bonds. The van der Waals surface area contributed by atoms with Gasteiger partial charge in [0, 0.05) is 24.5 Å². The highest BCUT2D eigenvalue weighted by molar-refractivity contribution is 9.11. The van der Waals surface area contributed by atoms with Crippen LogP contribution in [0.3, 0.4) is 0 Å². The van der Waals surface area contributed by atoms with Crippen LogP contribution in [-0.2, 0) is 21.4 Å². The van der Waals surface area contributed by atoms with Crippen LogP contribution < -0.4 is 4.72 Å². The molecule has 0 spiro atoms. The average Bonchev–Trinajstić information content (AvgIpc) is 2.73. The molecule has 20 heavy (non-hydrogen) atoms. The lowest BCUT2D eigenvalue weighted by atomic mass is 10.3. The fraction of sp³-hybridized carbons (Fsp3) is 0.667. The predicted molar refractivity (Wildman–Crippen MR) is 84.2 cm³/mol. The number of nitrogens with one attached hydrogen (secondary N) is 1. The highest BCUT2D eigenvalue weighted by atomic mass is 79.9. The Morgan fingerprint density at radius 2 is 2.05 bits per heavy atom. The third-order valence-corrected chi connectivity index (χ3v) is 6.24. The summed E-state index contributed by atoms with van der Waals surface area (Å²) in [6.07, 6.45) is 0.567. The first-order valence-electron chi connectivity index (χ1n) is 6.51. The summed E-state index contributed by atoms with van der Waals surface area (Å²) < 4.78 is 35.2. The minimum absolute atomic E-state index is 0.0661. The maximum absolute atomic E-state index is 12.2. The Morgan fingerprint density at radius 3 is 2.60 bits per heavy atom. The van der Waals surface area contributed by atoms with Gasteiger partial charge in [-0.3, -0.25) is 0 Å². The van der Waals surface area contributed by atoms with E-state index in [4.69, 9.17) is 4.74 Å². The second-order valence-electron chi connectivity index (χ2n) is 4.93. The first kappa shape index (κ1) is 16.4. The molecule has 1 aliphatic heterocycles. The van der Waals surface area contributed by atoms with Crippen LogP contribution in [0, 0.1) is 0 Å². The van der Waals surface area contributed by atoms with Gasteiger partial charge in [-0.15, -0.1) is 11.3 Å². The Morgan fingerprint density at radius 1 is 1.40 bits per heavy atom. The fourth-order valence-electron chi connectivity index (χ4n) is 2.21. The van der Waals surface area contributed by atoms with Crippen LogP contribution in [0.5, 0.6) is 0 Å². The molecular weight excluding hydrogens is 364 g/mol. The molecule has 5 nitrogen and oxygen atoms in total. The van der Waals surface area contributed by atoms with Crippen LogP contribution in [0.4, 0.5) is 0 Å². The van der Waals surface area contributed by atoms with Crippen LogP contribution in [0.25, 0.3) is 0 Å². The summed E-state index contributed by atoms with van der Waals surface area (Å²) in [5, 5.41) is 0. The van der Waals surface area contributed by atoms with E-state index >= 15 is 0 Å². The summed E-state index contributed by atoms with van der Waals surface area (Å²) in [5.41, 5.74) is 0. The summed E-state index contributed by atoms with van der Waals surface area (Å²) in [6, 6.07) is 3.97. The van der Waals surface area contributed by atoms with E-state index < -0.39 is 10.2 Å². The molecule has 0 unspecified atom stereocenters. The van der Waals surface area contributed by atoms with Crippen molar-refractivity contribution in [2.24, 2.45) is 0 Å². The van der Waals surface area contributed by atoms with Gasteiger partial charge in [-0.25, -0.2) is 4.72 Å². The molecule has 0 saturated carbocycles. The number of thiophene rings is 1. The molecule has 1 aromatic rings. The van der Waals surface area contributed by atoms with Gasteiger partial charge in [-0.2, -0.15) is 12.7 Å². The standard InChI is InChI=1S/C12H19BrN2O3S2/c1-9-7-15(8-10(2)18-9)20(16,17)14-6-5-11-3-4-12(13)19-11/h3-4,9-10,14H,5-8H2,1-2H3/t9-,10-/m0/s1. The van der Waals surface area contributed by atoms with E-state index in [-0.39, 0.29) is 12.2 Å². The molecule has 1 saturated heterocycles. The molecule has 0 bridgehead atoms. The Labute approximate surface area is 132 Å². The fourth-order valence-corrected chi connectivity index (χ4v) is 5.05. The van der Waals surface area contributed by atoms with E-state index in [0.717, 1.165) is 8.66 Å². The molecule has 8 heteroatoms. The van der Waals surface area contributed by atoms with Crippen molar-refractivity contribution in [3.05, 3.63) is 20.8 Å². The first-order chi connectivity index (χ1) is 9.37. The van der Waals surface area contributed by atoms with E-state index in [2.05, 4.69) is 20.7 Å². The normalized spacial score (nSPS) is 24.9. The zero-order chi connectivity index (χ0) is 14.8. The zero-order valence-corrected chi connectivity index (χ0v) is 14.7. The second kappa shape index (κ2) is 6.85. The van der Waals surface area contributed by atoms with Crippen molar-refractivity contribution < 1.29 is 13.2 Å². The smallest absolute Gasteiger partial charge is 0.279 e. The van der Waals surface area contributed by atoms with Crippen molar-refractivity contribution >= 4 is 37.5 Å². The lowest BCUT2D eigenvalue weighted by Gasteiger charge is -2.34. The van der Waals surface area contributed by atoms with Gasteiger partial charge in [0.05, 0.1) is 16.0 Å². The third kappa shape index (κ3) is 4.51. The molecule has 1 fully saturated rings. The summed E-state index contributed by atoms with van der Waals surface area (Å²) >= 11 is 5.02. The Balaban J connectivity index is 1.87. The molecule has 2 rings (SSSR count). The zero-order valence-electron chi connectivity index (χ0n) is 11.5. The van der Waals surface area contributed by atoms with E-state index in [0.29, 0.717) is 26.1 Å². The van der Waals surface area contributed by atoms with Gasteiger partial charge in [0.25, 0.3) is 10.2 Å². The van der Waals surface area contributed by atoms with Crippen LogP contribution in [0.2, 0.25) is 0 Å². The van der Waals surface area contributed by atoms with Crippen molar-refractivity contribution in [3.63, 3.8) is 0 Å². The predicted octanol–water partition coefficient (Wildman–Crippen LogP) is 2.00. The van der Waals surface area contributed by atoms with Crippen LogP contribution in [0.15, 0.2) is 15.9 Å². The molecule has 0 aromatic carbocycles. The Bertz CT molecular complexity index is 537. The number of hydrogen-bond donors (Lipinski definition) is 1. The molecule has 114 valence electrons. The van der Waals surface area contributed by atoms with E-state index in [1.165, 1.54) is 4.31 Å². The number of morpholine rings is 1. The van der Waals surface area contributed by atoms with Gasteiger partial charge in [0.15, 0.2) is 0 Å². The largest absolute Gasteiger partial charge is 0.373 e. The lowest BCUT2D eigenvalue weighted by Crippen LogP contribution is -2.52. The number of nitrogens with zero attached hydrogens (tertiary/aromatic N) is 1. The first-order valence-corrected chi connectivity index (χ1v) is 9.56. The van der Waals surface area contributed by atoms with Crippen molar-refractivity contribution in [3.8, 4) is 0 Å². The van der Waals surface area contributed by atoms with Crippen molar-refractivity contribution in [2.45, 2.75) is 32.5 Å². The molecule has 1 aliphatic rings. The molecule has 2 heterocycles. The number of hydrogen-bond acceptors (Lipinski definition) is 4. The molecule has 1 N–H and O–H groups in total. The van der Waals surface area contributed by atoms with Gasteiger partial charge in [0.2, 0.25) is 0 Å². The summed E-state index contributed by atoms with van der Waals surface area (Å²) in [5.74, 6) is 0. The molecule has 0 aliphatic carbocycles. The molecule has 2 atom stereocenters. The van der Waals surface area contributed by atoms with Crippen LogP contribution >= 0.6 is 27.3 Å². The summed E-state index contributed by atoms with van der Waals surface area (Å²) in [4.78, 5) is 1.16. The monoisotopic (exact) mass is 382 g/mol. The Kier molecular flexibility index (Phi) is 5.61. The molecule has 1 aromatic heterocycles. The van der Waals surface area contributed by atoms with Gasteiger partial charge in [0.1, 0.15) is 0 Å². The highest BCUT2D eigenvalue weighted by Gasteiger charge is 2.30. The SMILES string of the molecule is C[C@H]1CN(S(=O)(=O)NCCc2ccc(Br)s2)C[C@H](C)O1. The second-order valence-corrected chi connectivity index (χ2v) is 9.23. The van der Waals surface area contributed by atoms with Crippen LogP contribution in [0.1, 0.15) is 18.7 Å². The minimum Gasteiger partial charge on any atom is -0.373 e. The summed E-state index contributed by atoms with van der Waals surface area (Å²) in [7, 11) is -3.42. The van der Waals surface area contributed by atoms with Crippen LogP contribution in [-0.4, -0.2) is 44.6 Å². The maximum atomic E-state index is 12.2. The van der Waals surface area contributed by atoms with Crippen molar-refractivity contribution in [2.75, 3.05) is 19.6 Å². The maximum Gasteiger partial charge on any atom is 0.279 e. The van der Waals surface area contributed by atoms with Crippen molar-refractivity contribution in [1.29, 1.82) is 0 Å². The van der Waals surface area contributed by atoms with E-state index in [1.807, 2.05) is 26.0 Å². The number of ether oxygens (including phenoxy) is 1. The average molecular weight is 383 g/mol. The minimum atomic E-state index is -3.42. The lowest BCUT2D eigenvalue weighted by molar-refractivity contribution is -0.0443. The molecular formula is C12H19BrN2O3S2. The topological polar surface area (TPSA) is 58.6 Å². The van der Waals surface area contributed by atoms with E-state index in [1.54, 1.807) is 11.3 Å². The third-order valence-electron chi connectivity index (χ3n) is 3.01. The van der Waals surface area contributed by atoms with E-state index in [9.17, 15) is 8.42 Å². The number of halogens is 1. The van der Waals surface area contributed by atoms with Gasteiger partial charge in [-0.05, 0) is 48.3 Å². The molecule has 0 radical (unpaired) electrons. The summed E-state index contributed by atoms with van der Waals surface area (Å²) in [6.45, 7) is 5.01. The quantitative estimate of drug-likeness (QED) is 0.846. The van der Waals surface area contributed by atoms with Gasteiger partial charge >= 0.3 is 0 Å². The van der Waals surface area contributed by atoms with Crippen molar-refractivity contribution in [1.82, 2.24) is 9.03 Å². The Hall–Kier alpha value is 0.01000. The van der Waals surface area contributed by atoms with Gasteiger partial charge < -0.3 is 4.74 Å². The highest BCUT2D eigenvalue weighted by Crippen LogP contribution is 2.22.